The van der Waals surface area contributed by atoms with Gasteiger partial charge in [0.15, 0.2) is 0 Å². The summed E-state index contributed by atoms with van der Waals surface area (Å²) in [6, 6.07) is 43.1. The van der Waals surface area contributed by atoms with E-state index in [1.807, 2.05) is 72.0 Å². The minimum Gasteiger partial charge on any atom is -0.295 e. The number of rotatable bonds is 7. The summed E-state index contributed by atoms with van der Waals surface area (Å²) >= 11 is 0. The molecule has 4 nitrogen and oxygen atoms in total. The highest BCUT2D eigenvalue weighted by Crippen LogP contribution is 2.33. The zero-order valence-electron chi connectivity index (χ0n) is 19.6. The fourth-order valence-electron chi connectivity index (χ4n) is 3.85. The number of hydrogen-bond acceptors (Lipinski definition) is 4. The molecule has 1 heterocycles. The van der Waals surface area contributed by atoms with Gasteiger partial charge in [-0.25, -0.2) is 9.99 Å². The standard InChI is InChI=1S/C31H26N4/c1-25-15-19-27(20-16-25)34(31-14-8-9-23-32-31)28-21-17-26(18-22-28)24-33-35(29-10-4-2-5-11-29)30-12-6-3-7-13-30/h2-24H,1H3. The topological polar surface area (TPSA) is 31.7 Å². The number of pyridine rings is 1. The van der Waals surface area contributed by atoms with Crippen molar-refractivity contribution in [3.63, 3.8) is 0 Å². The molecule has 5 rings (SSSR count). The molecule has 0 unspecified atom stereocenters. The Morgan fingerprint density at radius 1 is 0.571 bits per heavy atom. The van der Waals surface area contributed by atoms with Crippen LogP contribution in [0.25, 0.3) is 0 Å². The smallest absolute Gasteiger partial charge is 0.137 e. The summed E-state index contributed by atoms with van der Waals surface area (Å²) in [5.74, 6) is 0.872. The number of nitrogens with zero attached hydrogens (tertiary/aromatic N) is 4. The van der Waals surface area contributed by atoms with Crippen molar-refractivity contribution >= 4 is 34.8 Å². The van der Waals surface area contributed by atoms with Crippen LogP contribution in [0, 0.1) is 6.92 Å². The number of aromatic nitrogens is 1. The minimum absolute atomic E-state index is 0.872. The first kappa shape index (κ1) is 22.1. The van der Waals surface area contributed by atoms with E-state index >= 15 is 0 Å². The Kier molecular flexibility index (Phi) is 6.63. The van der Waals surface area contributed by atoms with Crippen molar-refractivity contribution in [2.75, 3.05) is 9.91 Å². The zero-order chi connectivity index (χ0) is 23.9. The average Bonchev–Trinajstić information content (AvgIpc) is 2.93. The van der Waals surface area contributed by atoms with Crippen molar-refractivity contribution in [3.05, 3.63) is 145 Å². The van der Waals surface area contributed by atoms with Gasteiger partial charge in [0.2, 0.25) is 0 Å². The molecule has 1 aromatic heterocycles. The largest absolute Gasteiger partial charge is 0.295 e. The van der Waals surface area contributed by atoms with Crippen LogP contribution < -0.4 is 9.91 Å². The number of para-hydroxylation sites is 2. The predicted molar refractivity (Wildman–Crippen MR) is 146 cm³/mol. The van der Waals surface area contributed by atoms with E-state index in [-0.39, 0.29) is 0 Å². The monoisotopic (exact) mass is 454 g/mol. The van der Waals surface area contributed by atoms with Crippen molar-refractivity contribution < 1.29 is 0 Å². The molecule has 0 saturated carbocycles. The van der Waals surface area contributed by atoms with Crippen LogP contribution in [-0.4, -0.2) is 11.2 Å². The summed E-state index contributed by atoms with van der Waals surface area (Å²) in [4.78, 5) is 6.75. The molecular formula is C31H26N4. The quantitative estimate of drug-likeness (QED) is 0.184. The van der Waals surface area contributed by atoms with Crippen LogP contribution >= 0.6 is 0 Å². The third-order valence-corrected chi connectivity index (χ3v) is 5.65. The van der Waals surface area contributed by atoms with Gasteiger partial charge in [-0.1, -0.05) is 72.3 Å². The van der Waals surface area contributed by atoms with Crippen LogP contribution in [0.4, 0.5) is 28.6 Å². The molecule has 0 saturated heterocycles. The Morgan fingerprint density at radius 2 is 1.11 bits per heavy atom. The molecule has 0 spiro atoms. The highest BCUT2D eigenvalue weighted by molar-refractivity contribution is 5.83. The molecule has 0 atom stereocenters. The van der Waals surface area contributed by atoms with Crippen molar-refractivity contribution in [2.45, 2.75) is 6.92 Å². The van der Waals surface area contributed by atoms with Gasteiger partial charge in [0.05, 0.1) is 17.6 Å². The molecule has 0 radical (unpaired) electrons. The van der Waals surface area contributed by atoms with Gasteiger partial charge in [-0.15, -0.1) is 0 Å². The summed E-state index contributed by atoms with van der Waals surface area (Å²) in [7, 11) is 0. The van der Waals surface area contributed by atoms with Crippen LogP contribution in [0.15, 0.2) is 139 Å². The van der Waals surface area contributed by atoms with E-state index in [0.29, 0.717) is 0 Å². The Labute approximate surface area is 206 Å². The van der Waals surface area contributed by atoms with Crippen LogP contribution in [0.3, 0.4) is 0 Å². The third-order valence-electron chi connectivity index (χ3n) is 5.65. The molecule has 0 N–H and O–H groups in total. The van der Waals surface area contributed by atoms with Gasteiger partial charge < -0.3 is 0 Å². The van der Waals surface area contributed by atoms with E-state index in [9.17, 15) is 0 Å². The van der Waals surface area contributed by atoms with Crippen LogP contribution in [0.2, 0.25) is 0 Å². The molecule has 0 aliphatic carbocycles. The molecule has 0 aliphatic rings. The van der Waals surface area contributed by atoms with Gasteiger partial charge in [-0.2, -0.15) is 5.10 Å². The minimum atomic E-state index is 0.872. The first-order chi connectivity index (χ1) is 17.3. The Balaban J connectivity index is 1.45. The zero-order valence-corrected chi connectivity index (χ0v) is 19.6. The molecule has 170 valence electrons. The summed E-state index contributed by atoms with van der Waals surface area (Å²) in [5.41, 5.74) is 6.35. The van der Waals surface area contributed by atoms with Gasteiger partial charge in [0.1, 0.15) is 5.82 Å². The molecule has 4 aromatic carbocycles. The first-order valence-corrected chi connectivity index (χ1v) is 11.6. The Bertz CT molecular complexity index is 1330. The first-order valence-electron chi connectivity index (χ1n) is 11.6. The lowest BCUT2D eigenvalue weighted by molar-refractivity contribution is 1.09. The van der Waals surface area contributed by atoms with Crippen LogP contribution in [-0.2, 0) is 0 Å². The summed E-state index contributed by atoms with van der Waals surface area (Å²) in [6.45, 7) is 2.09. The van der Waals surface area contributed by atoms with Gasteiger partial charge >= 0.3 is 0 Å². The third kappa shape index (κ3) is 5.28. The Morgan fingerprint density at radius 3 is 1.66 bits per heavy atom. The lowest BCUT2D eigenvalue weighted by atomic mass is 10.1. The van der Waals surface area contributed by atoms with Gasteiger partial charge in [0, 0.05) is 17.6 Å². The summed E-state index contributed by atoms with van der Waals surface area (Å²) in [5, 5.41) is 6.76. The Hall–Kier alpha value is -4.70. The number of aryl methyl sites for hydroxylation is 1. The van der Waals surface area contributed by atoms with Crippen LogP contribution in [0.1, 0.15) is 11.1 Å². The van der Waals surface area contributed by atoms with E-state index in [4.69, 9.17) is 5.10 Å². The molecule has 0 bridgehead atoms. The highest BCUT2D eigenvalue weighted by atomic mass is 15.5. The number of anilines is 5. The molecular weight excluding hydrogens is 428 g/mol. The second-order valence-corrected chi connectivity index (χ2v) is 8.18. The van der Waals surface area contributed by atoms with E-state index in [2.05, 4.69) is 89.6 Å². The van der Waals surface area contributed by atoms with E-state index in [1.165, 1.54) is 5.56 Å². The number of hydrogen-bond donors (Lipinski definition) is 0. The van der Waals surface area contributed by atoms with Gasteiger partial charge in [-0.05, 0) is 73.2 Å². The van der Waals surface area contributed by atoms with E-state index in [0.717, 1.165) is 34.1 Å². The fourth-order valence-corrected chi connectivity index (χ4v) is 3.85. The molecule has 35 heavy (non-hydrogen) atoms. The second kappa shape index (κ2) is 10.5. The molecule has 0 fully saturated rings. The SMILES string of the molecule is Cc1ccc(N(c2ccc(C=NN(c3ccccc3)c3ccccc3)cc2)c2ccccn2)cc1. The van der Waals surface area contributed by atoms with Gasteiger partial charge in [-0.3, -0.25) is 4.90 Å². The maximum absolute atomic E-state index is 4.82. The normalized spacial score (nSPS) is 10.9. The lowest BCUT2D eigenvalue weighted by Crippen LogP contribution is -2.11. The average molecular weight is 455 g/mol. The maximum Gasteiger partial charge on any atom is 0.137 e. The summed E-state index contributed by atoms with van der Waals surface area (Å²) < 4.78 is 0. The fraction of sp³-hybridized carbons (Fsp3) is 0.0323. The second-order valence-electron chi connectivity index (χ2n) is 8.18. The van der Waals surface area contributed by atoms with Crippen molar-refractivity contribution in [2.24, 2.45) is 5.10 Å². The van der Waals surface area contributed by atoms with Crippen molar-refractivity contribution in [1.82, 2.24) is 4.98 Å². The number of hydrazone groups is 1. The maximum atomic E-state index is 4.82. The molecule has 4 heteroatoms. The van der Waals surface area contributed by atoms with Crippen LogP contribution in [0.5, 0.6) is 0 Å². The van der Waals surface area contributed by atoms with Gasteiger partial charge in [0.25, 0.3) is 0 Å². The number of benzene rings is 4. The molecule has 0 aliphatic heterocycles. The molecule has 0 amide bonds. The predicted octanol–water partition coefficient (Wildman–Crippen LogP) is 8.03. The van der Waals surface area contributed by atoms with E-state index in [1.54, 1.807) is 0 Å². The summed E-state index contributed by atoms with van der Waals surface area (Å²) in [6.07, 6.45) is 3.71. The van der Waals surface area contributed by atoms with E-state index < -0.39 is 0 Å². The van der Waals surface area contributed by atoms with Crippen molar-refractivity contribution in [1.29, 1.82) is 0 Å². The lowest BCUT2D eigenvalue weighted by Gasteiger charge is -2.24. The molecule has 5 aromatic rings. The highest BCUT2D eigenvalue weighted by Gasteiger charge is 2.13. The van der Waals surface area contributed by atoms with Crippen molar-refractivity contribution in [3.8, 4) is 0 Å².